The molecule has 2 aromatic heterocycles. The molecule has 1 aliphatic rings. The van der Waals surface area contributed by atoms with E-state index in [4.69, 9.17) is 4.74 Å². The second kappa shape index (κ2) is 4.85. The molecule has 1 aliphatic heterocycles. The van der Waals surface area contributed by atoms with Crippen molar-refractivity contribution in [2.45, 2.75) is 12.5 Å². The lowest BCUT2D eigenvalue weighted by molar-refractivity contribution is -0.121. The molecular formula is C12H15N5O2. The third-order valence-electron chi connectivity index (χ3n) is 3.25. The van der Waals surface area contributed by atoms with Gasteiger partial charge < -0.3 is 10.1 Å². The molecule has 0 aliphatic carbocycles. The summed E-state index contributed by atoms with van der Waals surface area (Å²) in [5.74, 6) is -0.244. The van der Waals surface area contributed by atoms with Crippen LogP contribution >= 0.6 is 0 Å². The summed E-state index contributed by atoms with van der Waals surface area (Å²) in [4.78, 5) is 12.2. The molecule has 3 heterocycles. The normalized spacial score (nSPS) is 22.6. The highest BCUT2D eigenvalue weighted by Crippen LogP contribution is 2.34. The monoisotopic (exact) mass is 261 g/mol. The summed E-state index contributed by atoms with van der Waals surface area (Å²) >= 11 is 0. The number of hydrogen-bond acceptors (Lipinski definition) is 4. The van der Waals surface area contributed by atoms with Gasteiger partial charge in [-0.3, -0.25) is 14.6 Å². The number of nitrogens with one attached hydrogen (secondary N) is 2. The van der Waals surface area contributed by atoms with E-state index < -0.39 is 0 Å². The van der Waals surface area contributed by atoms with Crippen LogP contribution in [0.5, 0.6) is 0 Å². The van der Waals surface area contributed by atoms with Crippen molar-refractivity contribution < 1.29 is 9.53 Å². The van der Waals surface area contributed by atoms with E-state index in [1.807, 2.05) is 13.2 Å². The summed E-state index contributed by atoms with van der Waals surface area (Å²) in [7, 11) is 1.85. The maximum Gasteiger partial charge on any atom is 0.230 e. The van der Waals surface area contributed by atoms with E-state index in [-0.39, 0.29) is 17.9 Å². The molecule has 0 spiro atoms. The zero-order chi connectivity index (χ0) is 13.2. The van der Waals surface area contributed by atoms with Crippen molar-refractivity contribution in [1.29, 1.82) is 0 Å². The van der Waals surface area contributed by atoms with Crippen molar-refractivity contribution in [1.82, 2.24) is 20.0 Å². The van der Waals surface area contributed by atoms with Crippen LogP contribution in [-0.2, 0) is 16.6 Å². The molecule has 0 radical (unpaired) electrons. The van der Waals surface area contributed by atoms with Gasteiger partial charge in [0.05, 0.1) is 30.1 Å². The van der Waals surface area contributed by atoms with Crippen LogP contribution in [0.3, 0.4) is 0 Å². The van der Waals surface area contributed by atoms with Crippen molar-refractivity contribution >= 4 is 11.6 Å². The largest absolute Gasteiger partial charge is 0.373 e. The van der Waals surface area contributed by atoms with Gasteiger partial charge in [-0.1, -0.05) is 0 Å². The molecule has 1 fully saturated rings. The van der Waals surface area contributed by atoms with E-state index in [1.165, 1.54) is 0 Å². The highest BCUT2D eigenvalue weighted by molar-refractivity contribution is 5.92. The van der Waals surface area contributed by atoms with Gasteiger partial charge >= 0.3 is 0 Å². The number of ether oxygens (including phenoxy) is 1. The number of aromatic nitrogens is 4. The summed E-state index contributed by atoms with van der Waals surface area (Å²) in [5, 5.41) is 13.4. The van der Waals surface area contributed by atoms with Gasteiger partial charge in [0.1, 0.15) is 0 Å². The molecule has 0 bridgehead atoms. The summed E-state index contributed by atoms with van der Waals surface area (Å²) in [6.07, 6.45) is 7.34. The van der Waals surface area contributed by atoms with Crippen LogP contribution in [0.15, 0.2) is 24.8 Å². The number of H-pyrrole nitrogens is 1. The molecule has 2 N–H and O–H groups in total. The molecule has 3 rings (SSSR count). The highest BCUT2D eigenvalue weighted by Gasteiger charge is 2.36. The van der Waals surface area contributed by atoms with Crippen molar-refractivity contribution in [2.24, 2.45) is 13.0 Å². The van der Waals surface area contributed by atoms with Gasteiger partial charge in [0.25, 0.3) is 0 Å². The first-order valence-corrected chi connectivity index (χ1v) is 6.14. The Hall–Kier alpha value is -2.15. The molecule has 0 aromatic carbocycles. The SMILES string of the molecule is Cn1cc([C@H]2OCC[C@@H]2C(=O)Nc2cn[nH]c2)cn1. The number of aryl methyl sites for hydroxylation is 1. The van der Waals surface area contributed by atoms with Gasteiger partial charge in [0.2, 0.25) is 5.91 Å². The minimum Gasteiger partial charge on any atom is -0.373 e. The summed E-state index contributed by atoms with van der Waals surface area (Å²) < 4.78 is 7.38. The lowest BCUT2D eigenvalue weighted by Gasteiger charge is -2.16. The Bertz CT molecular complexity index is 562. The molecule has 100 valence electrons. The molecule has 2 aromatic rings. The molecular weight excluding hydrogens is 246 g/mol. The van der Waals surface area contributed by atoms with Crippen LogP contribution < -0.4 is 5.32 Å². The summed E-state index contributed by atoms with van der Waals surface area (Å²) in [6.45, 7) is 0.586. The molecule has 19 heavy (non-hydrogen) atoms. The fourth-order valence-electron chi connectivity index (χ4n) is 2.33. The quantitative estimate of drug-likeness (QED) is 0.858. The van der Waals surface area contributed by atoms with Crippen LogP contribution in [-0.4, -0.2) is 32.5 Å². The third-order valence-corrected chi connectivity index (χ3v) is 3.25. The highest BCUT2D eigenvalue weighted by atomic mass is 16.5. The van der Waals surface area contributed by atoms with E-state index in [0.717, 1.165) is 5.56 Å². The summed E-state index contributed by atoms with van der Waals surface area (Å²) in [6, 6.07) is 0. The number of carbonyl (C=O) groups excluding carboxylic acids is 1. The van der Waals surface area contributed by atoms with E-state index in [1.54, 1.807) is 23.3 Å². The number of aromatic amines is 1. The first-order chi connectivity index (χ1) is 9.24. The Morgan fingerprint density at radius 2 is 2.47 bits per heavy atom. The second-order valence-electron chi connectivity index (χ2n) is 4.61. The third kappa shape index (κ3) is 2.37. The standard InChI is InChI=1S/C12H15N5O2/c1-17-7-8(4-15-17)11-10(2-3-19-11)12(18)16-9-5-13-14-6-9/h4-7,10-11H,2-3H2,1H3,(H,13,14)(H,16,18)/t10-,11+/m0/s1. The van der Waals surface area contributed by atoms with E-state index in [9.17, 15) is 4.79 Å². The first kappa shape index (κ1) is 11.9. The van der Waals surface area contributed by atoms with Crippen LogP contribution in [0.4, 0.5) is 5.69 Å². The number of nitrogens with zero attached hydrogens (tertiary/aromatic N) is 3. The van der Waals surface area contributed by atoms with Crippen LogP contribution in [0.25, 0.3) is 0 Å². The van der Waals surface area contributed by atoms with Gasteiger partial charge in [-0.25, -0.2) is 0 Å². The first-order valence-electron chi connectivity index (χ1n) is 6.14. The van der Waals surface area contributed by atoms with Gasteiger partial charge in [-0.05, 0) is 6.42 Å². The Balaban J connectivity index is 1.74. The molecule has 1 amide bonds. The molecule has 1 saturated heterocycles. The van der Waals surface area contributed by atoms with E-state index in [0.29, 0.717) is 18.7 Å². The number of anilines is 1. The van der Waals surface area contributed by atoms with Gasteiger partial charge in [0.15, 0.2) is 0 Å². The van der Waals surface area contributed by atoms with E-state index >= 15 is 0 Å². The zero-order valence-corrected chi connectivity index (χ0v) is 10.5. The number of carbonyl (C=O) groups is 1. The fraction of sp³-hybridized carbons (Fsp3) is 0.417. The number of hydrogen-bond donors (Lipinski definition) is 2. The molecule has 7 heteroatoms. The predicted octanol–water partition coefficient (Wildman–Crippen LogP) is 0.859. The number of amides is 1. The van der Waals surface area contributed by atoms with Crippen molar-refractivity contribution in [3.05, 3.63) is 30.4 Å². The number of rotatable bonds is 3. The summed E-state index contributed by atoms with van der Waals surface area (Å²) in [5.41, 5.74) is 1.61. The second-order valence-corrected chi connectivity index (χ2v) is 4.61. The minimum atomic E-state index is -0.222. The smallest absolute Gasteiger partial charge is 0.230 e. The van der Waals surface area contributed by atoms with Crippen LogP contribution in [0.1, 0.15) is 18.1 Å². The topological polar surface area (TPSA) is 84.8 Å². The predicted molar refractivity (Wildman–Crippen MR) is 67.2 cm³/mol. The maximum absolute atomic E-state index is 12.2. The van der Waals surface area contributed by atoms with Crippen molar-refractivity contribution in [3.63, 3.8) is 0 Å². The average Bonchev–Trinajstić information content (AvgIpc) is 3.07. The van der Waals surface area contributed by atoms with Gasteiger partial charge in [0, 0.05) is 31.6 Å². The lowest BCUT2D eigenvalue weighted by Crippen LogP contribution is -2.25. The Morgan fingerprint density at radius 3 is 3.16 bits per heavy atom. The fourth-order valence-corrected chi connectivity index (χ4v) is 2.33. The minimum absolute atomic E-state index is 0.0484. The average molecular weight is 261 g/mol. The molecule has 7 nitrogen and oxygen atoms in total. The van der Waals surface area contributed by atoms with Crippen molar-refractivity contribution in [3.8, 4) is 0 Å². The lowest BCUT2D eigenvalue weighted by atomic mass is 9.96. The van der Waals surface area contributed by atoms with Crippen molar-refractivity contribution in [2.75, 3.05) is 11.9 Å². The van der Waals surface area contributed by atoms with Gasteiger partial charge in [-0.15, -0.1) is 0 Å². The Morgan fingerprint density at radius 1 is 1.58 bits per heavy atom. The molecule has 0 saturated carbocycles. The Labute approximate surface area is 110 Å². The maximum atomic E-state index is 12.2. The molecule has 0 unspecified atom stereocenters. The van der Waals surface area contributed by atoms with Gasteiger partial charge in [-0.2, -0.15) is 10.2 Å². The zero-order valence-electron chi connectivity index (χ0n) is 10.5. The van der Waals surface area contributed by atoms with E-state index in [2.05, 4.69) is 20.6 Å². The molecule has 2 atom stereocenters. The Kier molecular flexibility index (Phi) is 3.04. The van der Waals surface area contributed by atoms with Crippen LogP contribution in [0.2, 0.25) is 0 Å². The van der Waals surface area contributed by atoms with Crippen LogP contribution in [0, 0.1) is 5.92 Å².